The molecule has 5 aromatic heterocycles. The lowest BCUT2D eigenvalue weighted by Gasteiger charge is -2.11. The fourth-order valence-electron chi connectivity index (χ4n) is 6.05. The third-order valence-corrected chi connectivity index (χ3v) is 8.43. The number of rotatable bonds is 10. The van der Waals surface area contributed by atoms with Gasteiger partial charge in [0.05, 0.1) is 16.6 Å². The molecule has 256 valence electrons. The first-order valence-corrected chi connectivity index (χ1v) is 16.7. The van der Waals surface area contributed by atoms with Gasteiger partial charge in [-0.25, -0.2) is 24.9 Å². The highest BCUT2D eigenvalue weighted by Gasteiger charge is 2.18. The molecule has 0 aliphatic heterocycles. The normalized spacial score (nSPS) is 11.1. The number of pyridine rings is 2. The van der Waals surface area contributed by atoms with Crippen LogP contribution in [0.5, 0.6) is 46.3 Å². The molecule has 11 heteroatoms. The molecule has 0 atom stereocenters. The van der Waals surface area contributed by atoms with Gasteiger partial charge in [0.1, 0.15) is 40.3 Å². The molecule has 0 bridgehead atoms. The molecule has 53 heavy (non-hydrogen) atoms. The van der Waals surface area contributed by atoms with Crippen molar-refractivity contribution >= 4 is 21.8 Å². The van der Waals surface area contributed by atoms with Crippen molar-refractivity contribution in [2.24, 2.45) is 7.05 Å². The lowest BCUT2D eigenvalue weighted by atomic mass is 10.1. The number of hydrogen-bond acceptors (Lipinski definition) is 9. The SMILES string of the molecule is Cn1ccnc1-c1cnc(-n2c3cc(Oc4cccc(Oc5ccccn5)c4)ccc3c3ccc(Oc4cccc(Oc5ccccn5)c4)cc32)nc1. The van der Waals surface area contributed by atoms with E-state index in [-0.39, 0.29) is 0 Å². The van der Waals surface area contributed by atoms with Crippen molar-refractivity contribution in [2.75, 3.05) is 0 Å². The van der Waals surface area contributed by atoms with Gasteiger partial charge in [0, 0.05) is 91.4 Å². The summed E-state index contributed by atoms with van der Waals surface area (Å²) < 4.78 is 28.6. The Hall–Kier alpha value is -7.53. The molecule has 5 heterocycles. The topological polar surface area (TPSA) is 111 Å². The van der Waals surface area contributed by atoms with Crippen molar-refractivity contribution in [3.05, 3.63) is 159 Å². The Kier molecular flexibility index (Phi) is 8.10. The maximum absolute atomic E-state index is 6.38. The largest absolute Gasteiger partial charge is 0.457 e. The third-order valence-electron chi connectivity index (χ3n) is 8.43. The minimum Gasteiger partial charge on any atom is -0.457 e. The van der Waals surface area contributed by atoms with Gasteiger partial charge in [0.15, 0.2) is 0 Å². The van der Waals surface area contributed by atoms with Crippen molar-refractivity contribution in [3.8, 4) is 63.6 Å². The lowest BCUT2D eigenvalue weighted by Crippen LogP contribution is -2.02. The summed E-state index contributed by atoms with van der Waals surface area (Å²) >= 11 is 0. The molecular weight excluding hydrogens is 667 g/mol. The van der Waals surface area contributed by atoms with Crippen LogP contribution in [0.1, 0.15) is 0 Å². The summed E-state index contributed by atoms with van der Waals surface area (Å²) in [6.45, 7) is 0. The van der Waals surface area contributed by atoms with Crippen LogP contribution in [0.25, 0.3) is 39.1 Å². The van der Waals surface area contributed by atoms with E-state index in [1.54, 1.807) is 43.1 Å². The van der Waals surface area contributed by atoms with Crippen molar-refractivity contribution < 1.29 is 18.9 Å². The molecule has 0 saturated heterocycles. The zero-order valence-electron chi connectivity index (χ0n) is 28.3. The van der Waals surface area contributed by atoms with E-state index in [0.717, 1.165) is 33.2 Å². The number of nitrogens with zero attached hydrogens (tertiary/aromatic N) is 7. The van der Waals surface area contributed by atoms with Gasteiger partial charge in [-0.2, -0.15) is 0 Å². The maximum atomic E-state index is 6.38. The van der Waals surface area contributed by atoms with Gasteiger partial charge in [0.25, 0.3) is 0 Å². The first kappa shape index (κ1) is 31.5. The van der Waals surface area contributed by atoms with Gasteiger partial charge in [-0.3, -0.25) is 4.57 Å². The van der Waals surface area contributed by atoms with Crippen LogP contribution in [0.3, 0.4) is 0 Å². The summed E-state index contributed by atoms with van der Waals surface area (Å²) in [6.07, 6.45) is 10.6. The predicted octanol–water partition coefficient (Wildman–Crippen LogP) is 9.93. The van der Waals surface area contributed by atoms with Crippen molar-refractivity contribution in [3.63, 3.8) is 0 Å². The number of aromatic nitrogens is 7. The monoisotopic (exact) mass is 695 g/mol. The second kappa shape index (κ2) is 13.6. The van der Waals surface area contributed by atoms with E-state index in [4.69, 9.17) is 28.9 Å². The van der Waals surface area contributed by atoms with E-state index in [1.807, 2.05) is 132 Å². The fraction of sp³-hybridized carbons (Fsp3) is 0.0238. The van der Waals surface area contributed by atoms with Gasteiger partial charge in [-0.15, -0.1) is 0 Å². The summed E-state index contributed by atoms with van der Waals surface area (Å²) in [5.41, 5.74) is 2.51. The van der Waals surface area contributed by atoms with E-state index in [0.29, 0.717) is 52.2 Å². The Balaban J connectivity index is 1.09. The Labute approximate surface area is 303 Å². The summed E-state index contributed by atoms with van der Waals surface area (Å²) in [5.74, 6) is 5.95. The Bertz CT molecular complexity index is 2550. The minimum atomic E-state index is 0.480. The molecule has 9 rings (SSSR count). The summed E-state index contributed by atoms with van der Waals surface area (Å²) in [6, 6.07) is 37.9. The van der Waals surface area contributed by atoms with Gasteiger partial charge < -0.3 is 23.5 Å². The van der Waals surface area contributed by atoms with Gasteiger partial charge >= 0.3 is 0 Å². The quantitative estimate of drug-likeness (QED) is 0.138. The average Bonchev–Trinajstić information content (AvgIpc) is 3.76. The molecule has 9 aromatic rings. The van der Waals surface area contributed by atoms with Crippen molar-refractivity contribution in [1.29, 1.82) is 0 Å². The van der Waals surface area contributed by atoms with Gasteiger partial charge in [-0.05, 0) is 60.7 Å². The number of benzene rings is 4. The number of hydrogen-bond donors (Lipinski definition) is 0. The van der Waals surface area contributed by atoms with Crippen LogP contribution in [0.15, 0.2) is 159 Å². The smallest absolute Gasteiger partial charge is 0.234 e. The molecule has 4 aromatic carbocycles. The van der Waals surface area contributed by atoms with Crippen LogP contribution in [0, 0.1) is 0 Å². The number of fused-ring (bicyclic) bond motifs is 3. The fourth-order valence-corrected chi connectivity index (χ4v) is 6.05. The van der Waals surface area contributed by atoms with E-state index < -0.39 is 0 Å². The van der Waals surface area contributed by atoms with Crippen LogP contribution in [-0.2, 0) is 7.05 Å². The summed E-state index contributed by atoms with van der Waals surface area (Å²) in [5, 5.41) is 1.99. The molecule has 0 spiro atoms. The Morgan fingerprint density at radius 3 is 1.43 bits per heavy atom. The third kappa shape index (κ3) is 6.57. The Morgan fingerprint density at radius 1 is 0.453 bits per heavy atom. The second-order valence-corrected chi connectivity index (χ2v) is 12.0. The highest BCUT2D eigenvalue weighted by molar-refractivity contribution is 6.09. The maximum Gasteiger partial charge on any atom is 0.234 e. The van der Waals surface area contributed by atoms with Crippen LogP contribution >= 0.6 is 0 Å². The average molecular weight is 696 g/mol. The van der Waals surface area contributed by atoms with Crippen LogP contribution < -0.4 is 18.9 Å². The minimum absolute atomic E-state index is 0.480. The summed E-state index contributed by atoms with van der Waals surface area (Å²) in [7, 11) is 1.94. The molecule has 11 nitrogen and oxygen atoms in total. The lowest BCUT2D eigenvalue weighted by molar-refractivity contribution is 0.448. The molecule has 0 amide bonds. The molecule has 0 fully saturated rings. The molecule has 0 saturated carbocycles. The zero-order valence-corrected chi connectivity index (χ0v) is 28.3. The van der Waals surface area contributed by atoms with E-state index >= 15 is 0 Å². The standard InChI is InChI=1S/C42H29N7O4/c1-48-21-20-45-41(48)28-26-46-42(47-27-28)49-37-24-33(50-29-8-6-10-31(22-29)52-39-12-2-4-18-43-39)14-16-35(37)36-17-15-34(25-38(36)49)51-30-9-7-11-32(23-30)53-40-13-3-5-19-44-40/h2-27H,1H3. The number of imidazole rings is 1. The van der Waals surface area contributed by atoms with E-state index in [9.17, 15) is 0 Å². The van der Waals surface area contributed by atoms with E-state index in [1.165, 1.54) is 0 Å². The molecular formula is C42H29N7O4. The molecule has 0 unspecified atom stereocenters. The van der Waals surface area contributed by atoms with Crippen LogP contribution in [0.4, 0.5) is 0 Å². The van der Waals surface area contributed by atoms with Crippen molar-refractivity contribution in [2.45, 2.75) is 0 Å². The second-order valence-electron chi connectivity index (χ2n) is 12.0. The first-order chi connectivity index (χ1) is 26.1. The number of aryl methyl sites for hydroxylation is 1. The molecule has 0 radical (unpaired) electrons. The number of ether oxygens (including phenoxy) is 4. The Morgan fingerprint density at radius 2 is 0.962 bits per heavy atom. The van der Waals surface area contributed by atoms with Crippen LogP contribution in [0.2, 0.25) is 0 Å². The van der Waals surface area contributed by atoms with Gasteiger partial charge in [-0.1, -0.05) is 24.3 Å². The van der Waals surface area contributed by atoms with Gasteiger partial charge in [0.2, 0.25) is 17.7 Å². The molecule has 0 N–H and O–H groups in total. The molecule has 0 aliphatic rings. The highest BCUT2D eigenvalue weighted by atomic mass is 16.5. The van der Waals surface area contributed by atoms with Crippen LogP contribution in [-0.4, -0.2) is 34.1 Å². The zero-order chi connectivity index (χ0) is 35.6. The van der Waals surface area contributed by atoms with E-state index in [2.05, 4.69) is 15.0 Å². The highest BCUT2D eigenvalue weighted by Crippen LogP contribution is 2.38. The predicted molar refractivity (Wildman–Crippen MR) is 200 cm³/mol. The van der Waals surface area contributed by atoms with Crippen molar-refractivity contribution in [1.82, 2.24) is 34.1 Å². The summed E-state index contributed by atoms with van der Waals surface area (Å²) in [4.78, 5) is 22.6. The molecule has 0 aliphatic carbocycles. The first-order valence-electron chi connectivity index (χ1n) is 16.7.